The molecule has 124 valence electrons. The number of rotatable bonds is 6. The Kier molecular flexibility index (Phi) is 5.00. The molecule has 0 spiro atoms. The third-order valence-electron chi connectivity index (χ3n) is 3.38. The number of carbonyl (C=O) groups excluding carboxylic acids is 1. The van der Waals surface area contributed by atoms with E-state index in [9.17, 15) is 4.79 Å². The standard InChI is InChI=1S/C17H18N4O2S/c1-3-23-14-9-5-4-8-13(14)18-16(22)12(2)24-17-20-19-15-10-6-7-11-21(15)17/h4-12H,3H2,1-2H3,(H,18,22)/t12-/m1/s1. The zero-order valence-electron chi connectivity index (χ0n) is 13.5. The number of thioether (sulfide) groups is 1. The van der Waals surface area contributed by atoms with Crippen LogP contribution < -0.4 is 10.1 Å². The van der Waals surface area contributed by atoms with Crippen LogP contribution >= 0.6 is 11.8 Å². The van der Waals surface area contributed by atoms with E-state index < -0.39 is 0 Å². The fourth-order valence-electron chi connectivity index (χ4n) is 2.20. The number of anilines is 1. The molecule has 0 aliphatic rings. The van der Waals surface area contributed by atoms with Crippen LogP contribution in [0.15, 0.2) is 53.8 Å². The smallest absolute Gasteiger partial charge is 0.237 e. The molecule has 24 heavy (non-hydrogen) atoms. The van der Waals surface area contributed by atoms with Gasteiger partial charge in [-0.15, -0.1) is 10.2 Å². The number of benzene rings is 1. The van der Waals surface area contributed by atoms with Crippen molar-refractivity contribution in [1.82, 2.24) is 14.6 Å². The zero-order valence-corrected chi connectivity index (χ0v) is 14.3. The Morgan fingerprint density at radius 3 is 2.88 bits per heavy atom. The summed E-state index contributed by atoms with van der Waals surface area (Å²) >= 11 is 1.36. The highest BCUT2D eigenvalue weighted by molar-refractivity contribution is 8.00. The first kappa shape index (κ1) is 16.3. The predicted molar refractivity (Wildman–Crippen MR) is 94.5 cm³/mol. The van der Waals surface area contributed by atoms with E-state index in [0.717, 1.165) is 5.65 Å². The van der Waals surface area contributed by atoms with Gasteiger partial charge in [0.25, 0.3) is 0 Å². The third-order valence-corrected chi connectivity index (χ3v) is 4.44. The van der Waals surface area contributed by atoms with E-state index >= 15 is 0 Å². The fourth-order valence-corrected chi connectivity index (χ4v) is 3.04. The van der Waals surface area contributed by atoms with Crippen LogP contribution in [0.5, 0.6) is 5.75 Å². The number of carbonyl (C=O) groups is 1. The van der Waals surface area contributed by atoms with Gasteiger partial charge in [-0.1, -0.05) is 30.0 Å². The summed E-state index contributed by atoms with van der Waals surface area (Å²) in [5, 5.41) is 11.5. The molecule has 7 heteroatoms. The molecule has 1 amide bonds. The molecule has 1 aromatic carbocycles. The Morgan fingerprint density at radius 2 is 2.04 bits per heavy atom. The van der Waals surface area contributed by atoms with Gasteiger partial charge in [0.2, 0.25) is 5.91 Å². The van der Waals surface area contributed by atoms with Crippen molar-refractivity contribution in [3.05, 3.63) is 48.7 Å². The molecule has 3 aromatic rings. The van der Waals surface area contributed by atoms with E-state index in [1.54, 1.807) is 0 Å². The van der Waals surface area contributed by atoms with Crippen molar-refractivity contribution in [3.8, 4) is 5.75 Å². The molecule has 1 atom stereocenters. The number of ether oxygens (including phenoxy) is 1. The van der Waals surface area contributed by atoms with Crippen molar-refractivity contribution >= 4 is 29.0 Å². The van der Waals surface area contributed by atoms with Gasteiger partial charge >= 0.3 is 0 Å². The average molecular weight is 342 g/mol. The normalized spacial score (nSPS) is 12.1. The molecule has 0 saturated heterocycles. The first-order valence-electron chi connectivity index (χ1n) is 7.68. The van der Waals surface area contributed by atoms with Crippen LogP contribution in [-0.4, -0.2) is 32.4 Å². The van der Waals surface area contributed by atoms with Crippen LogP contribution in [-0.2, 0) is 4.79 Å². The van der Waals surface area contributed by atoms with Gasteiger partial charge in [0.15, 0.2) is 10.8 Å². The van der Waals surface area contributed by atoms with E-state index in [1.165, 1.54) is 11.8 Å². The summed E-state index contributed by atoms with van der Waals surface area (Å²) in [7, 11) is 0. The van der Waals surface area contributed by atoms with E-state index in [4.69, 9.17) is 4.74 Å². The molecule has 0 radical (unpaired) electrons. The topological polar surface area (TPSA) is 68.5 Å². The van der Waals surface area contributed by atoms with Crippen molar-refractivity contribution in [2.45, 2.75) is 24.3 Å². The second kappa shape index (κ2) is 7.35. The molecule has 2 heterocycles. The first-order valence-corrected chi connectivity index (χ1v) is 8.56. The van der Waals surface area contributed by atoms with Gasteiger partial charge in [-0.05, 0) is 38.1 Å². The van der Waals surface area contributed by atoms with Gasteiger partial charge in [0, 0.05) is 6.20 Å². The maximum absolute atomic E-state index is 12.5. The summed E-state index contributed by atoms with van der Waals surface area (Å²) in [6.07, 6.45) is 1.88. The molecule has 0 aliphatic heterocycles. The van der Waals surface area contributed by atoms with Crippen LogP contribution in [0, 0.1) is 0 Å². The van der Waals surface area contributed by atoms with E-state index in [1.807, 2.05) is 66.9 Å². The molecule has 0 unspecified atom stereocenters. The first-order chi connectivity index (χ1) is 11.7. The fraction of sp³-hybridized carbons (Fsp3) is 0.235. The Hall–Kier alpha value is -2.54. The zero-order chi connectivity index (χ0) is 16.9. The number of amides is 1. The van der Waals surface area contributed by atoms with E-state index in [2.05, 4.69) is 15.5 Å². The lowest BCUT2D eigenvalue weighted by Gasteiger charge is -2.14. The largest absolute Gasteiger partial charge is 0.492 e. The Labute approximate surface area is 144 Å². The lowest BCUT2D eigenvalue weighted by molar-refractivity contribution is -0.115. The Morgan fingerprint density at radius 1 is 1.25 bits per heavy atom. The maximum atomic E-state index is 12.5. The molecule has 6 nitrogen and oxygen atoms in total. The van der Waals surface area contributed by atoms with Crippen molar-refractivity contribution in [1.29, 1.82) is 0 Å². The van der Waals surface area contributed by atoms with Crippen LogP contribution in [0.3, 0.4) is 0 Å². The second-order valence-corrected chi connectivity index (χ2v) is 6.40. The SMILES string of the molecule is CCOc1ccccc1NC(=O)[C@@H](C)Sc1nnc2ccccn12. The van der Waals surface area contributed by atoms with Gasteiger partial charge < -0.3 is 10.1 Å². The maximum Gasteiger partial charge on any atom is 0.237 e. The van der Waals surface area contributed by atoms with Crippen molar-refractivity contribution in [2.24, 2.45) is 0 Å². The monoisotopic (exact) mass is 342 g/mol. The second-order valence-electron chi connectivity index (χ2n) is 5.09. The Bertz CT molecular complexity index is 849. The van der Waals surface area contributed by atoms with Crippen LogP contribution in [0.4, 0.5) is 5.69 Å². The lowest BCUT2D eigenvalue weighted by Crippen LogP contribution is -2.23. The molecule has 2 aromatic heterocycles. The molecule has 0 aliphatic carbocycles. The summed E-state index contributed by atoms with van der Waals surface area (Å²) in [5.41, 5.74) is 1.43. The quantitative estimate of drug-likeness (QED) is 0.697. The van der Waals surface area contributed by atoms with Crippen molar-refractivity contribution < 1.29 is 9.53 Å². The van der Waals surface area contributed by atoms with Gasteiger partial charge in [-0.25, -0.2) is 0 Å². The van der Waals surface area contributed by atoms with Gasteiger partial charge in [-0.2, -0.15) is 0 Å². The molecule has 0 bridgehead atoms. The van der Waals surface area contributed by atoms with Crippen LogP contribution in [0.25, 0.3) is 5.65 Å². The van der Waals surface area contributed by atoms with Crippen LogP contribution in [0.2, 0.25) is 0 Å². The highest BCUT2D eigenvalue weighted by Crippen LogP contribution is 2.27. The summed E-state index contributed by atoms with van der Waals surface area (Å²) in [5.74, 6) is 0.554. The minimum absolute atomic E-state index is 0.111. The molecule has 0 saturated carbocycles. The molecule has 1 N–H and O–H groups in total. The van der Waals surface area contributed by atoms with Gasteiger partial charge in [0.05, 0.1) is 17.5 Å². The number of fused-ring (bicyclic) bond motifs is 1. The average Bonchev–Trinajstić information content (AvgIpc) is 3.00. The number of hydrogen-bond acceptors (Lipinski definition) is 5. The molecule has 0 fully saturated rings. The van der Waals surface area contributed by atoms with E-state index in [0.29, 0.717) is 23.2 Å². The van der Waals surface area contributed by atoms with Crippen molar-refractivity contribution in [3.63, 3.8) is 0 Å². The minimum Gasteiger partial charge on any atom is -0.492 e. The number of pyridine rings is 1. The van der Waals surface area contributed by atoms with Crippen LogP contribution in [0.1, 0.15) is 13.8 Å². The third kappa shape index (κ3) is 3.51. The Balaban J connectivity index is 1.71. The summed E-state index contributed by atoms with van der Waals surface area (Å²) in [6, 6.07) is 13.1. The van der Waals surface area contributed by atoms with Gasteiger partial charge in [0.1, 0.15) is 5.75 Å². The van der Waals surface area contributed by atoms with Crippen molar-refractivity contribution in [2.75, 3.05) is 11.9 Å². The highest BCUT2D eigenvalue weighted by atomic mass is 32.2. The molecular formula is C17H18N4O2S. The highest BCUT2D eigenvalue weighted by Gasteiger charge is 2.19. The number of aromatic nitrogens is 3. The molecular weight excluding hydrogens is 324 g/mol. The number of nitrogens with one attached hydrogen (secondary N) is 1. The summed E-state index contributed by atoms with van der Waals surface area (Å²) in [4.78, 5) is 12.5. The summed E-state index contributed by atoms with van der Waals surface area (Å²) in [6.45, 7) is 4.30. The predicted octanol–water partition coefficient (Wildman–Crippen LogP) is 3.25. The number of hydrogen-bond donors (Lipinski definition) is 1. The molecule has 3 rings (SSSR count). The lowest BCUT2D eigenvalue weighted by atomic mass is 10.3. The minimum atomic E-state index is -0.327. The number of para-hydroxylation sites is 2. The van der Waals surface area contributed by atoms with Gasteiger partial charge in [-0.3, -0.25) is 9.20 Å². The van der Waals surface area contributed by atoms with E-state index in [-0.39, 0.29) is 11.2 Å². The number of nitrogens with zero attached hydrogens (tertiary/aromatic N) is 3. The summed E-state index contributed by atoms with van der Waals surface area (Å²) < 4.78 is 7.40.